The number of ether oxygens (including phenoxy) is 2. The highest BCUT2D eigenvalue weighted by Crippen LogP contribution is 2.46. The van der Waals surface area contributed by atoms with Gasteiger partial charge < -0.3 is 14.4 Å². The molecule has 202 valence electrons. The quantitative estimate of drug-likeness (QED) is 0.422. The van der Waals surface area contributed by atoms with Crippen LogP contribution >= 0.6 is 0 Å². The Balaban J connectivity index is 1.70. The first-order chi connectivity index (χ1) is 17.1. The van der Waals surface area contributed by atoms with Crippen LogP contribution < -0.4 is 0 Å². The predicted molar refractivity (Wildman–Crippen MR) is 119 cm³/mol. The molecular formula is C26H26F7NO3. The Hall–Kier alpha value is -2.66. The lowest BCUT2D eigenvalue weighted by Gasteiger charge is -2.41. The monoisotopic (exact) mass is 533 g/mol. The summed E-state index contributed by atoms with van der Waals surface area (Å²) in [7, 11) is 0. The average molecular weight is 533 g/mol. The maximum Gasteiger partial charge on any atom is 0.416 e. The first-order valence-corrected chi connectivity index (χ1v) is 11.7. The van der Waals surface area contributed by atoms with E-state index in [1.54, 1.807) is 17.9 Å². The Morgan fingerprint density at radius 1 is 1.03 bits per heavy atom. The second-order valence-electron chi connectivity index (χ2n) is 9.69. The Bertz CT molecular complexity index is 1130. The summed E-state index contributed by atoms with van der Waals surface area (Å²) >= 11 is 0. The summed E-state index contributed by atoms with van der Waals surface area (Å²) in [4.78, 5) is 13.7. The van der Waals surface area contributed by atoms with Crippen LogP contribution in [0.1, 0.15) is 53.7 Å². The van der Waals surface area contributed by atoms with Gasteiger partial charge >= 0.3 is 12.4 Å². The van der Waals surface area contributed by atoms with Gasteiger partial charge in [-0.2, -0.15) is 26.3 Å². The fraction of sp³-hybridized carbons (Fsp3) is 0.500. The average Bonchev–Trinajstić information content (AvgIpc) is 3.23. The Labute approximate surface area is 209 Å². The van der Waals surface area contributed by atoms with E-state index >= 15 is 0 Å². The third-order valence-corrected chi connectivity index (χ3v) is 7.17. The van der Waals surface area contributed by atoms with Crippen LogP contribution in [0.3, 0.4) is 0 Å². The molecule has 0 radical (unpaired) electrons. The predicted octanol–water partition coefficient (Wildman–Crippen LogP) is 6.48. The van der Waals surface area contributed by atoms with Crippen molar-refractivity contribution in [3.8, 4) is 0 Å². The standard InChI is InChI=1S/C26H26F7NO3/c1-13-6-20(27)4-5-21(13)23-22-11-34(15(3)35)10-17(22)12-36-24(23)37-14(2)16-7-18(25(28,29)30)9-19(8-16)26(31,32)33/h4-9,14,17,22-24H,10-12H2,1-3H3/t14-,17+,22-,23+,24-/m1/s1. The molecule has 2 saturated heterocycles. The number of hydrogen-bond acceptors (Lipinski definition) is 3. The fourth-order valence-electron chi connectivity index (χ4n) is 5.27. The third kappa shape index (κ3) is 5.77. The summed E-state index contributed by atoms with van der Waals surface area (Å²) < 4.78 is 106. The van der Waals surface area contributed by atoms with Gasteiger partial charge in [0.1, 0.15) is 5.82 Å². The highest BCUT2D eigenvalue weighted by molar-refractivity contribution is 5.73. The summed E-state index contributed by atoms with van der Waals surface area (Å²) in [6.07, 6.45) is -12.2. The topological polar surface area (TPSA) is 38.8 Å². The molecule has 2 fully saturated rings. The van der Waals surface area contributed by atoms with Crippen molar-refractivity contribution >= 4 is 5.91 Å². The smallest absolute Gasteiger partial charge is 0.352 e. The number of benzene rings is 2. The molecule has 0 spiro atoms. The van der Waals surface area contributed by atoms with Gasteiger partial charge in [-0.05, 0) is 66.8 Å². The molecule has 4 rings (SSSR count). The van der Waals surface area contributed by atoms with Gasteiger partial charge in [0.05, 0.1) is 23.8 Å². The van der Waals surface area contributed by atoms with Gasteiger partial charge in [0, 0.05) is 31.8 Å². The molecule has 0 N–H and O–H groups in total. The Morgan fingerprint density at radius 2 is 1.65 bits per heavy atom. The molecule has 2 aliphatic heterocycles. The van der Waals surface area contributed by atoms with Crippen molar-refractivity contribution in [3.05, 3.63) is 70.0 Å². The molecule has 1 amide bonds. The van der Waals surface area contributed by atoms with Crippen molar-refractivity contribution in [2.24, 2.45) is 11.8 Å². The lowest BCUT2D eigenvalue weighted by Crippen LogP contribution is -2.42. The molecule has 4 nitrogen and oxygen atoms in total. The first kappa shape index (κ1) is 27.4. The number of nitrogens with zero attached hydrogens (tertiary/aromatic N) is 1. The number of carbonyl (C=O) groups excluding carboxylic acids is 1. The van der Waals surface area contributed by atoms with Crippen molar-refractivity contribution in [3.63, 3.8) is 0 Å². The molecule has 0 aliphatic carbocycles. The van der Waals surface area contributed by atoms with E-state index in [1.165, 1.54) is 26.0 Å². The number of rotatable bonds is 4. The highest BCUT2D eigenvalue weighted by atomic mass is 19.4. The van der Waals surface area contributed by atoms with Crippen molar-refractivity contribution < 1.29 is 45.0 Å². The van der Waals surface area contributed by atoms with Gasteiger partial charge in [-0.25, -0.2) is 4.39 Å². The largest absolute Gasteiger partial charge is 0.416 e. The van der Waals surface area contributed by atoms with Crippen LogP contribution in [0.15, 0.2) is 36.4 Å². The second-order valence-corrected chi connectivity index (χ2v) is 9.69. The van der Waals surface area contributed by atoms with Crippen LogP contribution in [0.5, 0.6) is 0 Å². The summed E-state index contributed by atoms with van der Waals surface area (Å²) in [5, 5.41) is 0. The molecule has 2 aromatic carbocycles. The van der Waals surface area contributed by atoms with Gasteiger partial charge in [0.2, 0.25) is 5.91 Å². The van der Waals surface area contributed by atoms with Crippen LogP contribution in [0, 0.1) is 24.6 Å². The van der Waals surface area contributed by atoms with Gasteiger partial charge in [-0.1, -0.05) is 6.07 Å². The zero-order valence-corrected chi connectivity index (χ0v) is 20.3. The van der Waals surface area contributed by atoms with Crippen molar-refractivity contribution in [2.75, 3.05) is 19.7 Å². The third-order valence-electron chi connectivity index (χ3n) is 7.17. The minimum Gasteiger partial charge on any atom is -0.352 e. The number of alkyl halides is 6. The van der Waals surface area contributed by atoms with Crippen molar-refractivity contribution in [2.45, 2.75) is 51.4 Å². The molecule has 37 heavy (non-hydrogen) atoms. The van der Waals surface area contributed by atoms with Gasteiger partial charge in [-0.3, -0.25) is 4.79 Å². The van der Waals surface area contributed by atoms with Gasteiger partial charge in [0.15, 0.2) is 6.29 Å². The lowest BCUT2D eigenvalue weighted by atomic mass is 9.76. The number of aryl methyl sites for hydroxylation is 1. The van der Waals surface area contributed by atoms with E-state index in [9.17, 15) is 35.5 Å². The maximum absolute atomic E-state index is 13.8. The summed E-state index contributed by atoms with van der Waals surface area (Å²) in [5.41, 5.74) is -1.90. The van der Waals surface area contributed by atoms with Gasteiger partial charge in [-0.15, -0.1) is 0 Å². The normalized spacial score (nSPS) is 25.2. The summed E-state index contributed by atoms with van der Waals surface area (Å²) in [6.45, 7) is 5.51. The van der Waals surface area contributed by atoms with Crippen molar-refractivity contribution in [1.82, 2.24) is 4.90 Å². The minimum atomic E-state index is -4.99. The molecular weight excluding hydrogens is 507 g/mol. The minimum absolute atomic E-state index is 0.0566. The van der Waals surface area contributed by atoms with Crippen molar-refractivity contribution in [1.29, 1.82) is 0 Å². The van der Waals surface area contributed by atoms with E-state index < -0.39 is 47.6 Å². The zero-order chi connectivity index (χ0) is 27.3. The molecule has 5 atom stereocenters. The fourth-order valence-corrected chi connectivity index (χ4v) is 5.27. The molecule has 0 aromatic heterocycles. The van der Waals surface area contributed by atoms with Gasteiger partial charge in [0.25, 0.3) is 0 Å². The molecule has 2 heterocycles. The first-order valence-electron chi connectivity index (χ1n) is 11.7. The van der Waals surface area contributed by atoms with Crippen LogP contribution in [-0.2, 0) is 26.6 Å². The van der Waals surface area contributed by atoms with E-state index in [-0.39, 0.29) is 36.0 Å². The van der Waals surface area contributed by atoms with Crippen LogP contribution in [0.4, 0.5) is 30.7 Å². The van der Waals surface area contributed by atoms with E-state index in [2.05, 4.69) is 0 Å². The number of amides is 1. The number of halogens is 7. The maximum atomic E-state index is 13.8. The van der Waals surface area contributed by atoms with Crippen LogP contribution in [-0.4, -0.2) is 36.8 Å². The summed E-state index contributed by atoms with van der Waals surface area (Å²) in [5.74, 6) is -1.33. The molecule has 0 unspecified atom stereocenters. The second kappa shape index (κ2) is 9.90. The van der Waals surface area contributed by atoms with E-state index in [1.807, 2.05) is 0 Å². The van der Waals surface area contributed by atoms with E-state index in [0.29, 0.717) is 36.3 Å². The van der Waals surface area contributed by atoms with Crippen LogP contribution in [0.2, 0.25) is 0 Å². The Kier molecular flexibility index (Phi) is 7.33. The molecule has 2 aromatic rings. The molecule has 0 bridgehead atoms. The highest BCUT2D eigenvalue weighted by Gasteiger charge is 2.48. The number of hydrogen-bond donors (Lipinski definition) is 0. The zero-order valence-electron chi connectivity index (χ0n) is 20.3. The molecule has 2 aliphatic rings. The van der Waals surface area contributed by atoms with E-state index in [4.69, 9.17) is 9.47 Å². The SMILES string of the molecule is CC(=O)N1C[C@H]2CO[C@H](O[C@H](C)c3cc(C(F)(F)F)cc(C(F)(F)F)c3)[C@@H](c3ccc(F)cc3C)[C@@H]2C1. The Morgan fingerprint density at radius 3 is 2.19 bits per heavy atom. The lowest BCUT2D eigenvalue weighted by molar-refractivity contribution is -0.217. The number of fused-ring (bicyclic) bond motifs is 1. The molecule has 0 saturated carbocycles. The van der Waals surface area contributed by atoms with Crippen LogP contribution in [0.25, 0.3) is 0 Å². The number of carbonyl (C=O) groups is 1. The summed E-state index contributed by atoms with van der Waals surface area (Å²) in [6, 6.07) is 5.52. The molecule has 11 heteroatoms. The number of likely N-dealkylation sites (tertiary alicyclic amines) is 1. The van der Waals surface area contributed by atoms with E-state index in [0.717, 1.165) is 0 Å².